The van der Waals surface area contributed by atoms with Crippen molar-refractivity contribution < 1.29 is 0 Å². The fourth-order valence-corrected chi connectivity index (χ4v) is 5.94. The van der Waals surface area contributed by atoms with E-state index in [1.54, 1.807) is 32.1 Å². The minimum atomic E-state index is 0.903. The molecule has 1 unspecified atom stereocenters. The van der Waals surface area contributed by atoms with Crippen LogP contribution in [0.1, 0.15) is 58.3 Å². The zero-order valence-electron chi connectivity index (χ0n) is 11.9. The van der Waals surface area contributed by atoms with Gasteiger partial charge in [0.05, 0.1) is 0 Å². The summed E-state index contributed by atoms with van der Waals surface area (Å²) in [5.41, 5.74) is 0. The minimum Gasteiger partial charge on any atom is -0.313 e. The lowest BCUT2D eigenvalue weighted by Gasteiger charge is -2.56. The first-order chi connectivity index (χ1) is 8.85. The van der Waals surface area contributed by atoms with Crippen LogP contribution in [0.2, 0.25) is 0 Å². The lowest BCUT2D eigenvalue weighted by atomic mass is 9.50. The van der Waals surface area contributed by atoms with E-state index >= 15 is 0 Å². The lowest BCUT2D eigenvalue weighted by Crippen LogP contribution is -2.53. The Morgan fingerprint density at radius 1 is 0.944 bits per heavy atom. The molecule has 0 aromatic carbocycles. The molecule has 0 radical (unpaired) electrons. The van der Waals surface area contributed by atoms with Gasteiger partial charge >= 0.3 is 0 Å². The topological polar surface area (TPSA) is 12.0 Å². The molecular weight excluding hydrogens is 218 g/mol. The van der Waals surface area contributed by atoms with Gasteiger partial charge in [0.25, 0.3) is 0 Å². The molecule has 1 atom stereocenters. The smallest absolute Gasteiger partial charge is 0.0129 e. The molecule has 1 nitrogen and oxygen atoms in total. The largest absolute Gasteiger partial charge is 0.313 e. The van der Waals surface area contributed by atoms with E-state index in [0.29, 0.717) is 0 Å². The normalized spacial score (nSPS) is 47.5. The molecule has 0 amide bonds. The van der Waals surface area contributed by atoms with Crippen molar-refractivity contribution in [1.29, 1.82) is 0 Å². The second-order valence-corrected chi connectivity index (χ2v) is 7.83. The Morgan fingerprint density at radius 3 is 2.06 bits per heavy atom. The summed E-state index contributed by atoms with van der Waals surface area (Å²) in [5.74, 6) is 6.60. The maximum atomic E-state index is 3.96. The molecule has 5 aliphatic carbocycles. The van der Waals surface area contributed by atoms with Gasteiger partial charge in [0.2, 0.25) is 0 Å². The highest BCUT2D eigenvalue weighted by Gasteiger charge is 2.52. The van der Waals surface area contributed by atoms with E-state index in [1.165, 1.54) is 25.8 Å². The van der Waals surface area contributed by atoms with Gasteiger partial charge in [-0.25, -0.2) is 0 Å². The van der Waals surface area contributed by atoms with Gasteiger partial charge in [-0.2, -0.15) is 0 Å². The van der Waals surface area contributed by atoms with Gasteiger partial charge in [0.1, 0.15) is 0 Å². The molecule has 18 heavy (non-hydrogen) atoms. The van der Waals surface area contributed by atoms with Crippen LogP contribution in [0, 0.1) is 35.5 Å². The Hall–Kier alpha value is -0.0400. The van der Waals surface area contributed by atoms with Gasteiger partial charge in [-0.15, -0.1) is 0 Å². The van der Waals surface area contributed by atoms with Gasteiger partial charge in [-0.3, -0.25) is 0 Å². The first-order valence-electron chi connectivity index (χ1n) is 8.58. The van der Waals surface area contributed by atoms with E-state index in [2.05, 4.69) is 12.2 Å². The predicted molar refractivity (Wildman–Crippen MR) is 75.3 cm³/mol. The minimum absolute atomic E-state index is 0.903. The van der Waals surface area contributed by atoms with Gasteiger partial charge < -0.3 is 5.32 Å². The van der Waals surface area contributed by atoms with Crippen molar-refractivity contribution in [1.82, 2.24) is 5.32 Å². The van der Waals surface area contributed by atoms with Crippen LogP contribution in [0.4, 0.5) is 0 Å². The molecular formula is C17H29N. The van der Waals surface area contributed by atoms with E-state index in [9.17, 15) is 0 Å². The van der Waals surface area contributed by atoms with Crippen molar-refractivity contribution in [2.24, 2.45) is 35.5 Å². The third-order valence-corrected chi connectivity index (χ3v) is 6.47. The van der Waals surface area contributed by atoms with Crippen LogP contribution in [0.15, 0.2) is 0 Å². The zero-order chi connectivity index (χ0) is 12.1. The summed E-state index contributed by atoms with van der Waals surface area (Å²) in [7, 11) is 0. The molecule has 5 saturated carbocycles. The first kappa shape index (κ1) is 11.8. The summed E-state index contributed by atoms with van der Waals surface area (Å²) in [6.45, 7) is 3.57. The summed E-state index contributed by atoms with van der Waals surface area (Å²) in [4.78, 5) is 0. The maximum Gasteiger partial charge on any atom is 0.0129 e. The Bertz CT molecular complexity index is 279. The number of hydrogen-bond acceptors (Lipinski definition) is 1. The summed E-state index contributed by atoms with van der Waals surface area (Å²) >= 11 is 0. The van der Waals surface area contributed by atoms with Crippen LogP contribution in [-0.4, -0.2) is 12.6 Å². The molecule has 0 aliphatic heterocycles. The van der Waals surface area contributed by atoms with Gasteiger partial charge in [0.15, 0.2) is 0 Å². The lowest BCUT2D eigenvalue weighted by molar-refractivity contribution is -0.0549. The summed E-state index contributed by atoms with van der Waals surface area (Å²) in [5, 5.41) is 3.96. The molecule has 102 valence electrons. The van der Waals surface area contributed by atoms with Crippen LogP contribution >= 0.6 is 0 Å². The average molecular weight is 247 g/mol. The van der Waals surface area contributed by atoms with Crippen molar-refractivity contribution in [2.45, 2.75) is 64.3 Å². The fourth-order valence-electron chi connectivity index (χ4n) is 5.94. The van der Waals surface area contributed by atoms with Crippen LogP contribution in [0.3, 0.4) is 0 Å². The molecule has 0 aromatic heterocycles. The molecule has 5 rings (SSSR count). The molecule has 0 saturated heterocycles. The standard InChI is InChI=1S/C17H29N/c1-2-5-18-17(13-3-4-13)16-14-7-11-6-12(9-14)10-15(16)8-11/h11-18H,2-10H2,1H3. The van der Waals surface area contributed by atoms with Crippen molar-refractivity contribution in [3.63, 3.8) is 0 Å². The molecule has 0 heterocycles. The van der Waals surface area contributed by atoms with E-state index in [0.717, 1.165) is 41.5 Å². The third kappa shape index (κ3) is 1.94. The van der Waals surface area contributed by atoms with Gasteiger partial charge in [-0.05, 0) is 93.4 Å². The number of hydrogen-bond donors (Lipinski definition) is 1. The highest BCUT2D eigenvalue weighted by molar-refractivity contribution is 5.04. The van der Waals surface area contributed by atoms with E-state index < -0.39 is 0 Å². The highest BCUT2D eigenvalue weighted by atomic mass is 14.9. The van der Waals surface area contributed by atoms with Crippen LogP contribution in [0.25, 0.3) is 0 Å². The SMILES string of the molecule is CCCNC(C1CC1)C1C2CC3CC(C2)CC1C3. The Labute approximate surface area is 112 Å². The monoisotopic (exact) mass is 247 g/mol. The number of nitrogens with one attached hydrogen (secondary N) is 1. The second kappa shape index (κ2) is 4.51. The molecule has 1 N–H and O–H groups in total. The highest BCUT2D eigenvalue weighted by Crippen LogP contribution is 2.59. The summed E-state index contributed by atoms with van der Waals surface area (Å²) in [6, 6.07) is 0.903. The Morgan fingerprint density at radius 2 is 1.56 bits per heavy atom. The molecule has 4 bridgehead atoms. The van der Waals surface area contributed by atoms with Crippen LogP contribution in [0.5, 0.6) is 0 Å². The number of rotatable bonds is 5. The van der Waals surface area contributed by atoms with Crippen molar-refractivity contribution in [3.8, 4) is 0 Å². The van der Waals surface area contributed by atoms with Crippen LogP contribution in [-0.2, 0) is 0 Å². The Kier molecular flexibility index (Phi) is 2.94. The molecule has 0 aromatic rings. The zero-order valence-corrected chi connectivity index (χ0v) is 11.9. The second-order valence-electron chi connectivity index (χ2n) is 7.83. The quantitative estimate of drug-likeness (QED) is 0.778. The van der Waals surface area contributed by atoms with E-state index in [4.69, 9.17) is 0 Å². The van der Waals surface area contributed by atoms with E-state index in [1.807, 2.05) is 0 Å². The summed E-state index contributed by atoms with van der Waals surface area (Å²) < 4.78 is 0. The first-order valence-corrected chi connectivity index (χ1v) is 8.58. The van der Waals surface area contributed by atoms with E-state index in [-0.39, 0.29) is 0 Å². The van der Waals surface area contributed by atoms with Crippen molar-refractivity contribution in [3.05, 3.63) is 0 Å². The Balaban J connectivity index is 1.51. The van der Waals surface area contributed by atoms with Gasteiger partial charge in [-0.1, -0.05) is 6.92 Å². The van der Waals surface area contributed by atoms with Crippen molar-refractivity contribution in [2.75, 3.05) is 6.54 Å². The molecule has 0 spiro atoms. The fraction of sp³-hybridized carbons (Fsp3) is 1.00. The maximum absolute atomic E-state index is 3.96. The average Bonchev–Trinajstić information content (AvgIpc) is 3.15. The predicted octanol–water partition coefficient (Wildman–Crippen LogP) is 3.84. The third-order valence-electron chi connectivity index (χ3n) is 6.47. The molecule has 5 aliphatic rings. The molecule has 1 heteroatoms. The van der Waals surface area contributed by atoms with Crippen molar-refractivity contribution >= 4 is 0 Å². The van der Waals surface area contributed by atoms with Gasteiger partial charge in [0, 0.05) is 6.04 Å². The van der Waals surface area contributed by atoms with Crippen LogP contribution < -0.4 is 5.32 Å². The molecule has 5 fully saturated rings. The summed E-state index contributed by atoms with van der Waals surface area (Å²) in [6.07, 6.45) is 12.3.